The molecule has 0 atom stereocenters. The van der Waals surface area contributed by atoms with Crippen molar-refractivity contribution in [1.82, 2.24) is 5.32 Å². The van der Waals surface area contributed by atoms with Gasteiger partial charge < -0.3 is 11.1 Å². The SMILES string of the molecule is CC(C)NCC(=O)N1C(=O)CCc2cc(N)ccc21. The van der Waals surface area contributed by atoms with Crippen LogP contribution >= 0.6 is 0 Å². The number of nitrogens with one attached hydrogen (secondary N) is 1. The monoisotopic (exact) mass is 261 g/mol. The van der Waals surface area contributed by atoms with Crippen molar-refractivity contribution in [2.24, 2.45) is 0 Å². The Hall–Kier alpha value is -1.88. The van der Waals surface area contributed by atoms with Crippen LogP contribution < -0.4 is 16.0 Å². The smallest absolute Gasteiger partial charge is 0.247 e. The zero-order valence-electron chi connectivity index (χ0n) is 11.3. The Kier molecular flexibility index (Phi) is 3.85. The fourth-order valence-electron chi connectivity index (χ4n) is 2.16. The lowest BCUT2D eigenvalue weighted by molar-refractivity contribution is -0.126. The summed E-state index contributed by atoms with van der Waals surface area (Å²) in [6, 6.07) is 5.50. The average Bonchev–Trinajstić information content (AvgIpc) is 2.36. The Morgan fingerprint density at radius 1 is 1.42 bits per heavy atom. The van der Waals surface area contributed by atoms with Crippen LogP contribution in [0.25, 0.3) is 0 Å². The first-order valence-electron chi connectivity index (χ1n) is 6.46. The van der Waals surface area contributed by atoms with E-state index >= 15 is 0 Å². The number of hydrogen-bond donors (Lipinski definition) is 2. The highest BCUT2D eigenvalue weighted by Gasteiger charge is 2.29. The third-order valence-corrected chi connectivity index (χ3v) is 3.11. The van der Waals surface area contributed by atoms with Gasteiger partial charge in [-0.1, -0.05) is 13.8 Å². The van der Waals surface area contributed by atoms with Gasteiger partial charge in [-0.25, -0.2) is 4.90 Å². The number of carbonyl (C=O) groups excluding carboxylic acids is 2. The molecule has 2 rings (SSSR count). The standard InChI is InChI=1S/C14H19N3O2/c1-9(2)16-8-14(19)17-12-5-4-11(15)7-10(12)3-6-13(17)18/h4-5,7,9,16H,3,6,8,15H2,1-2H3. The quantitative estimate of drug-likeness (QED) is 0.798. The summed E-state index contributed by atoms with van der Waals surface area (Å²) in [5, 5.41) is 3.04. The zero-order chi connectivity index (χ0) is 14.0. The molecule has 0 spiro atoms. The van der Waals surface area contributed by atoms with Crippen LogP contribution in [0.1, 0.15) is 25.8 Å². The second-order valence-corrected chi connectivity index (χ2v) is 5.05. The number of fused-ring (bicyclic) bond motifs is 1. The molecule has 0 unspecified atom stereocenters. The molecule has 1 aliphatic rings. The van der Waals surface area contributed by atoms with E-state index in [2.05, 4.69) is 5.32 Å². The Bertz CT molecular complexity index is 511. The molecular weight excluding hydrogens is 242 g/mol. The summed E-state index contributed by atoms with van der Waals surface area (Å²) in [5.74, 6) is -0.364. The van der Waals surface area contributed by atoms with Gasteiger partial charge in [0.05, 0.1) is 12.2 Å². The molecule has 19 heavy (non-hydrogen) atoms. The highest BCUT2D eigenvalue weighted by atomic mass is 16.2. The van der Waals surface area contributed by atoms with Gasteiger partial charge in [-0.15, -0.1) is 0 Å². The number of carbonyl (C=O) groups is 2. The first kappa shape index (κ1) is 13.5. The van der Waals surface area contributed by atoms with Crippen molar-refractivity contribution >= 4 is 23.2 Å². The van der Waals surface area contributed by atoms with Crippen molar-refractivity contribution in [3.63, 3.8) is 0 Å². The lowest BCUT2D eigenvalue weighted by atomic mass is 10.0. The van der Waals surface area contributed by atoms with Gasteiger partial charge in [0.25, 0.3) is 0 Å². The highest BCUT2D eigenvalue weighted by Crippen LogP contribution is 2.29. The summed E-state index contributed by atoms with van der Waals surface area (Å²) >= 11 is 0. The molecule has 0 aromatic heterocycles. The van der Waals surface area contributed by atoms with Crippen molar-refractivity contribution in [2.45, 2.75) is 32.7 Å². The molecule has 5 nitrogen and oxygen atoms in total. The van der Waals surface area contributed by atoms with E-state index in [0.717, 1.165) is 5.56 Å². The predicted molar refractivity (Wildman–Crippen MR) is 74.8 cm³/mol. The van der Waals surface area contributed by atoms with E-state index in [1.54, 1.807) is 12.1 Å². The summed E-state index contributed by atoms with van der Waals surface area (Å²) in [5.41, 5.74) is 8.01. The van der Waals surface area contributed by atoms with E-state index in [-0.39, 0.29) is 24.4 Å². The Morgan fingerprint density at radius 2 is 2.16 bits per heavy atom. The fraction of sp³-hybridized carbons (Fsp3) is 0.429. The summed E-state index contributed by atoms with van der Waals surface area (Å²) in [7, 11) is 0. The number of nitrogens with two attached hydrogens (primary N) is 1. The van der Waals surface area contributed by atoms with Crippen molar-refractivity contribution in [2.75, 3.05) is 17.2 Å². The second kappa shape index (κ2) is 5.40. The minimum Gasteiger partial charge on any atom is -0.399 e. The van der Waals surface area contributed by atoms with E-state index < -0.39 is 0 Å². The van der Waals surface area contributed by atoms with Gasteiger partial charge in [0.15, 0.2) is 0 Å². The van der Waals surface area contributed by atoms with Gasteiger partial charge in [0, 0.05) is 18.2 Å². The fourth-order valence-corrected chi connectivity index (χ4v) is 2.16. The van der Waals surface area contributed by atoms with Crippen LogP contribution in [0, 0.1) is 0 Å². The zero-order valence-corrected chi connectivity index (χ0v) is 11.3. The molecule has 0 bridgehead atoms. The van der Waals surface area contributed by atoms with E-state index in [9.17, 15) is 9.59 Å². The number of rotatable bonds is 3. The molecule has 0 aliphatic carbocycles. The molecule has 1 aliphatic heterocycles. The van der Waals surface area contributed by atoms with Gasteiger partial charge in [-0.05, 0) is 30.2 Å². The molecule has 2 amide bonds. The maximum absolute atomic E-state index is 12.2. The Balaban J connectivity index is 2.25. The van der Waals surface area contributed by atoms with Gasteiger partial charge in [-0.2, -0.15) is 0 Å². The van der Waals surface area contributed by atoms with Crippen LogP contribution in [0.4, 0.5) is 11.4 Å². The Labute approximate surface area is 112 Å². The Morgan fingerprint density at radius 3 is 2.84 bits per heavy atom. The van der Waals surface area contributed by atoms with E-state index in [1.807, 2.05) is 19.9 Å². The van der Waals surface area contributed by atoms with Gasteiger partial charge >= 0.3 is 0 Å². The van der Waals surface area contributed by atoms with Crippen molar-refractivity contribution in [1.29, 1.82) is 0 Å². The van der Waals surface area contributed by atoms with Crippen LogP contribution in [-0.4, -0.2) is 24.4 Å². The van der Waals surface area contributed by atoms with Crippen LogP contribution in [0.2, 0.25) is 0 Å². The minimum absolute atomic E-state index is 0.146. The number of nitrogens with zero attached hydrogens (tertiary/aromatic N) is 1. The molecule has 0 saturated carbocycles. The molecule has 3 N–H and O–H groups in total. The van der Waals surface area contributed by atoms with Crippen molar-refractivity contribution in [3.05, 3.63) is 23.8 Å². The summed E-state index contributed by atoms with van der Waals surface area (Å²) in [4.78, 5) is 25.4. The molecule has 102 valence electrons. The van der Waals surface area contributed by atoms with Gasteiger partial charge in [-0.3, -0.25) is 9.59 Å². The summed E-state index contributed by atoms with van der Waals surface area (Å²) in [6.45, 7) is 4.08. The number of imide groups is 1. The number of nitrogen functional groups attached to an aromatic ring is 1. The molecule has 1 aromatic carbocycles. The van der Waals surface area contributed by atoms with Crippen molar-refractivity contribution < 1.29 is 9.59 Å². The summed E-state index contributed by atoms with van der Waals surface area (Å²) in [6.07, 6.45) is 0.991. The lowest BCUT2D eigenvalue weighted by Gasteiger charge is -2.28. The lowest BCUT2D eigenvalue weighted by Crippen LogP contribution is -2.45. The summed E-state index contributed by atoms with van der Waals surface area (Å²) < 4.78 is 0. The van der Waals surface area contributed by atoms with Crippen molar-refractivity contribution in [3.8, 4) is 0 Å². The first-order valence-corrected chi connectivity index (χ1v) is 6.46. The maximum Gasteiger partial charge on any atom is 0.247 e. The molecular formula is C14H19N3O2. The molecule has 1 aromatic rings. The maximum atomic E-state index is 12.2. The number of anilines is 2. The average molecular weight is 261 g/mol. The topological polar surface area (TPSA) is 75.4 Å². The second-order valence-electron chi connectivity index (χ2n) is 5.05. The van der Waals surface area contributed by atoms with E-state index in [4.69, 9.17) is 5.73 Å². The molecule has 5 heteroatoms. The predicted octanol–water partition coefficient (Wildman–Crippen LogP) is 1.07. The number of aryl methyl sites for hydroxylation is 1. The number of amides is 2. The third-order valence-electron chi connectivity index (χ3n) is 3.11. The van der Waals surface area contributed by atoms with E-state index in [0.29, 0.717) is 24.2 Å². The van der Waals surface area contributed by atoms with Crippen LogP contribution in [0.3, 0.4) is 0 Å². The molecule has 0 fully saturated rings. The van der Waals surface area contributed by atoms with Crippen LogP contribution in [0.15, 0.2) is 18.2 Å². The van der Waals surface area contributed by atoms with Gasteiger partial charge in [0.2, 0.25) is 11.8 Å². The number of hydrogen-bond acceptors (Lipinski definition) is 4. The van der Waals surface area contributed by atoms with Crippen LogP contribution in [-0.2, 0) is 16.0 Å². The third kappa shape index (κ3) is 2.93. The van der Waals surface area contributed by atoms with Crippen LogP contribution in [0.5, 0.6) is 0 Å². The number of benzene rings is 1. The van der Waals surface area contributed by atoms with E-state index in [1.165, 1.54) is 4.90 Å². The normalized spacial score (nSPS) is 14.7. The molecule has 0 saturated heterocycles. The minimum atomic E-state index is -0.218. The molecule has 1 heterocycles. The molecule has 0 radical (unpaired) electrons. The van der Waals surface area contributed by atoms with Gasteiger partial charge in [0.1, 0.15) is 0 Å². The highest BCUT2D eigenvalue weighted by molar-refractivity contribution is 6.17. The largest absolute Gasteiger partial charge is 0.399 e. The first-order chi connectivity index (χ1) is 8.99.